The van der Waals surface area contributed by atoms with E-state index in [1.807, 2.05) is 6.07 Å². The SMILES string of the molecule is COc1ccc(Cl)cc1Nc1ccc(NC(=O)C2CC2)cn1. The predicted molar refractivity (Wildman–Crippen MR) is 86.9 cm³/mol. The first-order valence-electron chi connectivity index (χ1n) is 7.03. The fourth-order valence-electron chi connectivity index (χ4n) is 2.05. The number of hydrogen-bond donors (Lipinski definition) is 2. The number of amides is 1. The van der Waals surface area contributed by atoms with Crippen molar-refractivity contribution < 1.29 is 9.53 Å². The fraction of sp³-hybridized carbons (Fsp3) is 0.250. The van der Waals surface area contributed by atoms with Crippen LogP contribution < -0.4 is 15.4 Å². The van der Waals surface area contributed by atoms with Crippen LogP contribution in [0.4, 0.5) is 17.2 Å². The van der Waals surface area contributed by atoms with Crippen molar-refractivity contribution >= 4 is 34.7 Å². The van der Waals surface area contributed by atoms with Crippen LogP contribution in [0.2, 0.25) is 5.02 Å². The van der Waals surface area contributed by atoms with E-state index in [0.717, 1.165) is 18.5 Å². The summed E-state index contributed by atoms with van der Waals surface area (Å²) in [5, 5.41) is 6.61. The number of rotatable bonds is 5. The van der Waals surface area contributed by atoms with Crippen LogP contribution in [-0.2, 0) is 4.79 Å². The van der Waals surface area contributed by atoms with Gasteiger partial charge in [-0.25, -0.2) is 4.98 Å². The van der Waals surface area contributed by atoms with Gasteiger partial charge in [0.15, 0.2) is 0 Å². The van der Waals surface area contributed by atoms with Crippen LogP contribution in [0.25, 0.3) is 0 Å². The van der Waals surface area contributed by atoms with E-state index < -0.39 is 0 Å². The molecule has 1 aromatic carbocycles. The molecule has 1 heterocycles. The maximum absolute atomic E-state index is 11.7. The third-order valence-electron chi connectivity index (χ3n) is 3.40. The van der Waals surface area contributed by atoms with Crippen molar-refractivity contribution in [2.75, 3.05) is 17.7 Å². The monoisotopic (exact) mass is 317 g/mol. The van der Waals surface area contributed by atoms with Crippen molar-refractivity contribution in [1.82, 2.24) is 4.98 Å². The molecule has 1 fully saturated rings. The van der Waals surface area contributed by atoms with Crippen LogP contribution in [0.15, 0.2) is 36.5 Å². The van der Waals surface area contributed by atoms with Gasteiger partial charge in [-0.15, -0.1) is 0 Å². The van der Waals surface area contributed by atoms with Gasteiger partial charge in [0, 0.05) is 10.9 Å². The van der Waals surface area contributed by atoms with E-state index in [2.05, 4.69) is 15.6 Å². The van der Waals surface area contributed by atoms with Crippen LogP contribution in [0, 0.1) is 5.92 Å². The summed E-state index contributed by atoms with van der Waals surface area (Å²) in [6.45, 7) is 0. The maximum Gasteiger partial charge on any atom is 0.227 e. The Morgan fingerprint density at radius 3 is 2.77 bits per heavy atom. The highest BCUT2D eigenvalue weighted by molar-refractivity contribution is 6.31. The molecule has 2 aromatic rings. The molecule has 0 unspecified atom stereocenters. The first-order chi connectivity index (χ1) is 10.7. The zero-order valence-electron chi connectivity index (χ0n) is 12.1. The van der Waals surface area contributed by atoms with Gasteiger partial charge in [0.25, 0.3) is 0 Å². The smallest absolute Gasteiger partial charge is 0.227 e. The molecule has 5 nitrogen and oxygen atoms in total. The van der Waals surface area contributed by atoms with E-state index in [-0.39, 0.29) is 11.8 Å². The minimum atomic E-state index is 0.0685. The largest absolute Gasteiger partial charge is 0.495 e. The quantitative estimate of drug-likeness (QED) is 0.879. The summed E-state index contributed by atoms with van der Waals surface area (Å²) in [6.07, 6.45) is 3.58. The fourth-order valence-corrected chi connectivity index (χ4v) is 2.22. The Balaban J connectivity index is 1.70. The van der Waals surface area contributed by atoms with Crippen LogP contribution in [0.1, 0.15) is 12.8 Å². The second-order valence-electron chi connectivity index (χ2n) is 5.17. The van der Waals surface area contributed by atoms with E-state index in [1.165, 1.54) is 0 Å². The van der Waals surface area contributed by atoms with Gasteiger partial charge >= 0.3 is 0 Å². The van der Waals surface area contributed by atoms with Crippen molar-refractivity contribution in [2.45, 2.75) is 12.8 Å². The van der Waals surface area contributed by atoms with E-state index in [1.54, 1.807) is 37.6 Å². The van der Waals surface area contributed by atoms with Crippen LogP contribution in [0.3, 0.4) is 0 Å². The molecule has 1 aliphatic carbocycles. The van der Waals surface area contributed by atoms with Gasteiger partial charge in [-0.3, -0.25) is 4.79 Å². The van der Waals surface area contributed by atoms with Gasteiger partial charge < -0.3 is 15.4 Å². The lowest BCUT2D eigenvalue weighted by molar-refractivity contribution is -0.117. The van der Waals surface area contributed by atoms with Crippen molar-refractivity contribution in [3.8, 4) is 5.75 Å². The van der Waals surface area contributed by atoms with Gasteiger partial charge in [-0.2, -0.15) is 0 Å². The summed E-state index contributed by atoms with van der Waals surface area (Å²) >= 11 is 5.99. The zero-order valence-corrected chi connectivity index (χ0v) is 12.9. The van der Waals surface area contributed by atoms with E-state index >= 15 is 0 Å². The van der Waals surface area contributed by atoms with E-state index in [0.29, 0.717) is 22.3 Å². The Labute approximate surface area is 133 Å². The Hall–Kier alpha value is -2.27. The number of halogens is 1. The molecule has 6 heteroatoms. The number of pyridine rings is 1. The Kier molecular flexibility index (Phi) is 4.15. The Morgan fingerprint density at radius 2 is 2.14 bits per heavy atom. The number of carbonyl (C=O) groups is 1. The van der Waals surface area contributed by atoms with Gasteiger partial charge in [0.2, 0.25) is 5.91 Å². The number of ether oxygens (including phenoxy) is 1. The summed E-state index contributed by atoms with van der Waals surface area (Å²) in [5.41, 5.74) is 1.43. The molecule has 0 saturated heterocycles. The van der Waals surface area contributed by atoms with Crippen molar-refractivity contribution in [1.29, 1.82) is 0 Å². The first-order valence-corrected chi connectivity index (χ1v) is 7.41. The molecule has 1 amide bonds. The molecule has 2 N–H and O–H groups in total. The van der Waals surface area contributed by atoms with Crippen molar-refractivity contribution in [3.63, 3.8) is 0 Å². The molecule has 114 valence electrons. The highest BCUT2D eigenvalue weighted by Gasteiger charge is 2.29. The highest BCUT2D eigenvalue weighted by atomic mass is 35.5. The van der Waals surface area contributed by atoms with Gasteiger partial charge in [-0.05, 0) is 43.2 Å². The lowest BCUT2D eigenvalue weighted by Gasteiger charge is -2.11. The third-order valence-corrected chi connectivity index (χ3v) is 3.64. The van der Waals surface area contributed by atoms with Gasteiger partial charge in [0.1, 0.15) is 11.6 Å². The summed E-state index contributed by atoms with van der Waals surface area (Å²) in [4.78, 5) is 16.0. The molecule has 0 radical (unpaired) electrons. The molecule has 1 aliphatic rings. The van der Waals surface area contributed by atoms with Crippen LogP contribution >= 0.6 is 11.6 Å². The number of nitrogens with one attached hydrogen (secondary N) is 2. The molecule has 0 aliphatic heterocycles. The van der Waals surface area contributed by atoms with E-state index in [4.69, 9.17) is 16.3 Å². The lowest BCUT2D eigenvalue weighted by Crippen LogP contribution is -2.13. The number of nitrogens with zero attached hydrogens (tertiary/aromatic N) is 1. The van der Waals surface area contributed by atoms with Crippen LogP contribution in [-0.4, -0.2) is 18.0 Å². The van der Waals surface area contributed by atoms with Crippen LogP contribution in [0.5, 0.6) is 5.75 Å². The first kappa shape index (κ1) is 14.7. The highest BCUT2D eigenvalue weighted by Crippen LogP contribution is 2.31. The molecule has 0 spiro atoms. The topological polar surface area (TPSA) is 63.2 Å². The van der Waals surface area contributed by atoms with Gasteiger partial charge in [-0.1, -0.05) is 11.6 Å². The summed E-state index contributed by atoms with van der Waals surface area (Å²) in [6, 6.07) is 8.92. The molecular weight excluding hydrogens is 302 g/mol. The normalized spacial score (nSPS) is 13.5. The molecule has 0 bridgehead atoms. The molecular formula is C16H16ClN3O2. The van der Waals surface area contributed by atoms with Crippen molar-refractivity contribution in [3.05, 3.63) is 41.6 Å². The molecule has 3 rings (SSSR count). The van der Waals surface area contributed by atoms with E-state index in [9.17, 15) is 4.79 Å². The zero-order chi connectivity index (χ0) is 15.5. The third kappa shape index (κ3) is 3.49. The number of benzene rings is 1. The Morgan fingerprint density at radius 1 is 1.32 bits per heavy atom. The van der Waals surface area contributed by atoms with Gasteiger partial charge in [0.05, 0.1) is 24.7 Å². The molecule has 1 saturated carbocycles. The number of anilines is 3. The second-order valence-corrected chi connectivity index (χ2v) is 5.60. The predicted octanol–water partition coefficient (Wildman–Crippen LogP) is 3.84. The number of methoxy groups -OCH3 is 1. The lowest BCUT2D eigenvalue weighted by atomic mass is 10.3. The molecule has 1 aromatic heterocycles. The number of hydrogen-bond acceptors (Lipinski definition) is 4. The average Bonchev–Trinajstić information content (AvgIpc) is 3.34. The minimum absolute atomic E-state index is 0.0685. The number of aromatic nitrogens is 1. The number of carbonyl (C=O) groups excluding carboxylic acids is 1. The molecule has 22 heavy (non-hydrogen) atoms. The molecule has 0 atom stereocenters. The average molecular weight is 318 g/mol. The second kappa shape index (κ2) is 6.23. The standard InChI is InChI=1S/C16H16ClN3O2/c1-22-14-6-4-11(17)8-13(14)20-15-7-5-12(9-18-15)19-16(21)10-2-3-10/h4-10H,2-3H2,1H3,(H,18,20)(H,19,21). The van der Waals surface area contributed by atoms with Crippen molar-refractivity contribution in [2.24, 2.45) is 5.92 Å². The Bertz CT molecular complexity index is 684. The summed E-state index contributed by atoms with van der Waals surface area (Å²) in [5.74, 6) is 1.56. The minimum Gasteiger partial charge on any atom is -0.495 e. The summed E-state index contributed by atoms with van der Waals surface area (Å²) in [7, 11) is 1.60. The summed E-state index contributed by atoms with van der Waals surface area (Å²) < 4.78 is 5.28. The maximum atomic E-state index is 11.7.